The van der Waals surface area contributed by atoms with Crippen LogP contribution in [0.1, 0.15) is 5.56 Å². The van der Waals surface area contributed by atoms with E-state index in [-0.39, 0.29) is 0 Å². The molecule has 66 valence electrons. The lowest BCUT2D eigenvalue weighted by molar-refractivity contribution is 0.871. The molecule has 0 atom stereocenters. The number of para-hydroxylation sites is 1. The molecule has 0 spiro atoms. The molecule has 0 N–H and O–H groups in total. The molecule has 2 aromatic rings. The standard InChI is InChI=1S/C10H10N2S/c13-8-9-4-1-2-5-10(9)12-7-3-6-11-12/h1-7,13H,8H2. The molecule has 0 aliphatic heterocycles. The van der Waals surface area contributed by atoms with Crippen molar-refractivity contribution in [3.8, 4) is 5.69 Å². The SMILES string of the molecule is SCc1ccccc1-n1cccn1. The van der Waals surface area contributed by atoms with Gasteiger partial charge in [-0.1, -0.05) is 18.2 Å². The molecular formula is C10H10N2S. The fraction of sp³-hybridized carbons (Fsp3) is 0.100. The molecule has 0 amide bonds. The third-order valence-electron chi connectivity index (χ3n) is 1.91. The number of aromatic nitrogens is 2. The van der Waals surface area contributed by atoms with E-state index < -0.39 is 0 Å². The predicted octanol–water partition coefficient (Wildman–Crippen LogP) is 2.30. The van der Waals surface area contributed by atoms with E-state index in [0.29, 0.717) is 0 Å². The molecule has 0 aliphatic carbocycles. The van der Waals surface area contributed by atoms with Gasteiger partial charge in [-0.05, 0) is 17.7 Å². The number of hydrogen-bond donors (Lipinski definition) is 1. The highest BCUT2D eigenvalue weighted by Gasteiger charge is 2.00. The third kappa shape index (κ3) is 1.60. The molecular weight excluding hydrogens is 180 g/mol. The molecule has 0 radical (unpaired) electrons. The van der Waals surface area contributed by atoms with E-state index >= 15 is 0 Å². The summed E-state index contributed by atoms with van der Waals surface area (Å²) in [6.07, 6.45) is 3.71. The second-order valence-electron chi connectivity index (χ2n) is 2.74. The molecule has 0 saturated heterocycles. The monoisotopic (exact) mass is 190 g/mol. The second kappa shape index (κ2) is 3.66. The van der Waals surface area contributed by atoms with Crippen LogP contribution >= 0.6 is 12.6 Å². The predicted molar refractivity (Wildman–Crippen MR) is 56.3 cm³/mol. The highest BCUT2D eigenvalue weighted by atomic mass is 32.1. The maximum absolute atomic E-state index is 4.27. The molecule has 13 heavy (non-hydrogen) atoms. The fourth-order valence-corrected chi connectivity index (χ4v) is 1.55. The molecule has 1 aromatic carbocycles. The van der Waals surface area contributed by atoms with E-state index in [1.165, 1.54) is 5.56 Å². The maximum atomic E-state index is 4.27. The van der Waals surface area contributed by atoms with Crippen molar-refractivity contribution in [1.29, 1.82) is 0 Å². The van der Waals surface area contributed by atoms with Gasteiger partial charge in [0.15, 0.2) is 0 Å². The van der Waals surface area contributed by atoms with E-state index in [0.717, 1.165) is 11.4 Å². The van der Waals surface area contributed by atoms with Crippen LogP contribution in [0.2, 0.25) is 0 Å². The average Bonchev–Trinajstić information content (AvgIpc) is 2.70. The number of nitrogens with zero attached hydrogens (tertiary/aromatic N) is 2. The van der Waals surface area contributed by atoms with Gasteiger partial charge in [-0.3, -0.25) is 0 Å². The summed E-state index contributed by atoms with van der Waals surface area (Å²) in [7, 11) is 0. The van der Waals surface area contributed by atoms with E-state index in [1.807, 2.05) is 35.1 Å². The summed E-state index contributed by atoms with van der Waals surface area (Å²) in [5, 5.41) is 4.18. The van der Waals surface area contributed by atoms with Crippen LogP contribution < -0.4 is 0 Å². The Morgan fingerprint density at radius 1 is 1.23 bits per heavy atom. The van der Waals surface area contributed by atoms with E-state index in [4.69, 9.17) is 0 Å². The molecule has 0 aliphatic rings. The van der Waals surface area contributed by atoms with Crippen LogP contribution in [0.15, 0.2) is 42.7 Å². The van der Waals surface area contributed by atoms with Crippen molar-refractivity contribution in [1.82, 2.24) is 9.78 Å². The van der Waals surface area contributed by atoms with Gasteiger partial charge in [-0.25, -0.2) is 4.68 Å². The first-order valence-electron chi connectivity index (χ1n) is 4.10. The number of hydrogen-bond acceptors (Lipinski definition) is 2. The van der Waals surface area contributed by atoms with Gasteiger partial charge in [0.2, 0.25) is 0 Å². The van der Waals surface area contributed by atoms with Crippen molar-refractivity contribution < 1.29 is 0 Å². The largest absolute Gasteiger partial charge is 0.241 e. The van der Waals surface area contributed by atoms with Crippen molar-refractivity contribution in [3.63, 3.8) is 0 Å². The Hall–Kier alpha value is -1.22. The summed E-state index contributed by atoms with van der Waals surface area (Å²) in [6.45, 7) is 0. The molecule has 0 bridgehead atoms. The maximum Gasteiger partial charge on any atom is 0.0685 e. The lowest BCUT2D eigenvalue weighted by atomic mass is 10.2. The van der Waals surface area contributed by atoms with Crippen LogP contribution in [0.4, 0.5) is 0 Å². The summed E-state index contributed by atoms with van der Waals surface area (Å²) in [5.74, 6) is 0.732. The second-order valence-corrected chi connectivity index (χ2v) is 3.05. The normalized spacial score (nSPS) is 10.2. The van der Waals surface area contributed by atoms with Gasteiger partial charge in [0, 0.05) is 18.1 Å². The van der Waals surface area contributed by atoms with Crippen LogP contribution in [0.25, 0.3) is 5.69 Å². The lowest BCUT2D eigenvalue weighted by Gasteiger charge is -2.06. The Bertz CT molecular complexity index is 382. The first kappa shape index (κ1) is 8.38. The fourth-order valence-electron chi connectivity index (χ4n) is 1.28. The number of benzene rings is 1. The van der Waals surface area contributed by atoms with E-state index in [1.54, 1.807) is 6.20 Å². The van der Waals surface area contributed by atoms with Gasteiger partial charge in [0.25, 0.3) is 0 Å². The topological polar surface area (TPSA) is 17.8 Å². The Morgan fingerprint density at radius 3 is 2.77 bits per heavy atom. The Balaban J connectivity index is 2.51. The number of rotatable bonds is 2. The third-order valence-corrected chi connectivity index (χ3v) is 2.25. The van der Waals surface area contributed by atoms with Gasteiger partial charge >= 0.3 is 0 Å². The minimum absolute atomic E-state index is 0.732. The summed E-state index contributed by atoms with van der Waals surface area (Å²) >= 11 is 4.27. The van der Waals surface area contributed by atoms with Gasteiger partial charge in [0.05, 0.1) is 5.69 Å². The minimum atomic E-state index is 0.732. The van der Waals surface area contributed by atoms with Crippen LogP contribution in [0, 0.1) is 0 Å². The minimum Gasteiger partial charge on any atom is -0.241 e. The molecule has 0 saturated carbocycles. The zero-order chi connectivity index (χ0) is 9.10. The Kier molecular flexibility index (Phi) is 2.36. The van der Waals surface area contributed by atoms with Crippen LogP contribution in [0.3, 0.4) is 0 Å². The molecule has 3 heteroatoms. The summed E-state index contributed by atoms with van der Waals surface area (Å²) in [4.78, 5) is 0. The van der Waals surface area contributed by atoms with Crippen LogP contribution in [-0.4, -0.2) is 9.78 Å². The Morgan fingerprint density at radius 2 is 2.08 bits per heavy atom. The van der Waals surface area contributed by atoms with Crippen molar-refractivity contribution in [3.05, 3.63) is 48.3 Å². The summed E-state index contributed by atoms with van der Waals surface area (Å²) < 4.78 is 1.85. The van der Waals surface area contributed by atoms with Crippen molar-refractivity contribution in [2.75, 3.05) is 0 Å². The van der Waals surface area contributed by atoms with Crippen molar-refractivity contribution in [2.45, 2.75) is 5.75 Å². The first-order valence-corrected chi connectivity index (χ1v) is 4.74. The van der Waals surface area contributed by atoms with Crippen molar-refractivity contribution in [2.24, 2.45) is 0 Å². The first-order chi connectivity index (χ1) is 6.42. The smallest absolute Gasteiger partial charge is 0.0685 e. The van der Waals surface area contributed by atoms with E-state index in [2.05, 4.69) is 23.8 Å². The average molecular weight is 190 g/mol. The zero-order valence-corrected chi connectivity index (χ0v) is 7.98. The highest BCUT2D eigenvalue weighted by Crippen LogP contribution is 2.14. The van der Waals surface area contributed by atoms with Crippen molar-refractivity contribution >= 4 is 12.6 Å². The van der Waals surface area contributed by atoms with E-state index in [9.17, 15) is 0 Å². The quantitative estimate of drug-likeness (QED) is 0.719. The highest BCUT2D eigenvalue weighted by molar-refractivity contribution is 7.79. The Labute approximate surface area is 82.6 Å². The molecule has 2 nitrogen and oxygen atoms in total. The molecule has 1 heterocycles. The van der Waals surface area contributed by atoms with Gasteiger partial charge in [-0.2, -0.15) is 17.7 Å². The summed E-state index contributed by atoms with van der Waals surface area (Å²) in [6, 6.07) is 10.0. The summed E-state index contributed by atoms with van der Waals surface area (Å²) in [5.41, 5.74) is 2.29. The van der Waals surface area contributed by atoms with Gasteiger partial charge in [0.1, 0.15) is 0 Å². The molecule has 2 rings (SSSR count). The van der Waals surface area contributed by atoms with Gasteiger partial charge < -0.3 is 0 Å². The molecule has 0 fully saturated rings. The van der Waals surface area contributed by atoms with Gasteiger partial charge in [-0.15, -0.1) is 0 Å². The molecule has 1 aromatic heterocycles. The van der Waals surface area contributed by atoms with Crippen LogP contribution in [0.5, 0.6) is 0 Å². The zero-order valence-electron chi connectivity index (χ0n) is 7.09. The van der Waals surface area contributed by atoms with Crippen LogP contribution in [-0.2, 0) is 5.75 Å². The number of thiol groups is 1. The lowest BCUT2D eigenvalue weighted by Crippen LogP contribution is -1.97. The molecule has 0 unspecified atom stereocenters.